The lowest BCUT2D eigenvalue weighted by Crippen LogP contribution is -2.48. The van der Waals surface area contributed by atoms with Crippen LogP contribution in [0.5, 0.6) is 0 Å². The lowest BCUT2D eigenvalue weighted by Gasteiger charge is -2.33. The Morgan fingerprint density at radius 3 is 2.64 bits per heavy atom. The second kappa shape index (κ2) is 8.96. The first-order valence-electron chi connectivity index (χ1n) is 8.54. The number of carbonyl (C=O) groups is 2. The summed E-state index contributed by atoms with van der Waals surface area (Å²) in [6.45, 7) is 1.92. The van der Waals surface area contributed by atoms with E-state index >= 15 is 0 Å². The largest absolute Gasteiger partial charge is 0.378 e. The molecule has 3 rings (SSSR count). The van der Waals surface area contributed by atoms with Crippen LogP contribution in [-0.4, -0.2) is 48.1 Å². The summed E-state index contributed by atoms with van der Waals surface area (Å²) >= 11 is 5.90. The van der Waals surface area contributed by atoms with Crippen molar-refractivity contribution in [1.82, 2.24) is 15.3 Å². The number of aromatic nitrogens is 1. The topological polar surface area (TPSA) is 101 Å². The molecule has 1 aromatic carbocycles. The number of ether oxygens (including phenoxy) is 1. The quantitative estimate of drug-likeness (QED) is 0.458. The van der Waals surface area contributed by atoms with E-state index in [9.17, 15) is 14.0 Å². The van der Waals surface area contributed by atoms with Crippen LogP contribution >= 0.6 is 11.6 Å². The summed E-state index contributed by atoms with van der Waals surface area (Å²) in [5.74, 6) is 4.07. The highest BCUT2D eigenvalue weighted by Gasteiger charge is 2.25. The molecule has 1 aromatic heterocycles. The van der Waals surface area contributed by atoms with Crippen LogP contribution in [0.4, 0.5) is 14.9 Å². The van der Waals surface area contributed by atoms with Crippen molar-refractivity contribution in [3.8, 4) is 0 Å². The van der Waals surface area contributed by atoms with Crippen LogP contribution in [0.15, 0.2) is 36.5 Å². The molecule has 3 N–H and O–H groups in total. The minimum absolute atomic E-state index is 0.0831. The number of urea groups is 1. The summed E-state index contributed by atoms with van der Waals surface area (Å²) < 4.78 is 18.9. The van der Waals surface area contributed by atoms with Crippen molar-refractivity contribution in [2.45, 2.75) is 6.54 Å². The maximum atomic E-state index is 13.6. The van der Waals surface area contributed by atoms with Gasteiger partial charge in [-0.3, -0.25) is 20.1 Å². The van der Waals surface area contributed by atoms with Crippen molar-refractivity contribution >= 4 is 29.2 Å². The smallest absolute Gasteiger partial charge is 0.325 e. The van der Waals surface area contributed by atoms with Gasteiger partial charge in [0.1, 0.15) is 5.82 Å². The number of hydrogen-bond donors (Lipinski definition) is 2. The molecule has 2 aromatic rings. The van der Waals surface area contributed by atoms with Gasteiger partial charge in [0.05, 0.1) is 36.0 Å². The van der Waals surface area contributed by atoms with Crippen LogP contribution in [0.3, 0.4) is 0 Å². The summed E-state index contributed by atoms with van der Waals surface area (Å²) in [6, 6.07) is 6.99. The number of halogens is 2. The van der Waals surface area contributed by atoms with Crippen molar-refractivity contribution in [3.05, 3.63) is 58.6 Å². The van der Waals surface area contributed by atoms with Crippen LogP contribution in [0.25, 0.3) is 0 Å². The van der Waals surface area contributed by atoms with Gasteiger partial charge in [-0.25, -0.2) is 15.0 Å². The van der Waals surface area contributed by atoms with Gasteiger partial charge in [0, 0.05) is 25.0 Å². The van der Waals surface area contributed by atoms with Gasteiger partial charge in [0.15, 0.2) is 0 Å². The lowest BCUT2D eigenvalue weighted by molar-refractivity contribution is 0.0548. The highest BCUT2D eigenvalue weighted by atomic mass is 35.5. The van der Waals surface area contributed by atoms with E-state index in [1.807, 2.05) is 5.43 Å². The van der Waals surface area contributed by atoms with Crippen molar-refractivity contribution in [1.29, 1.82) is 0 Å². The van der Waals surface area contributed by atoms with E-state index in [-0.39, 0.29) is 17.6 Å². The Kier molecular flexibility index (Phi) is 6.40. The van der Waals surface area contributed by atoms with Gasteiger partial charge >= 0.3 is 6.03 Å². The molecule has 0 aliphatic carbocycles. The average Bonchev–Trinajstić information content (AvgIpc) is 2.74. The maximum absolute atomic E-state index is 13.6. The minimum atomic E-state index is -0.570. The molecule has 1 aliphatic rings. The zero-order valence-electron chi connectivity index (χ0n) is 14.9. The molecule has 1 fully saturated rings. The zero-order valence-corrected chi connectivity index (χ0v) is 15.7. The Balaban J connectivity index is 1.87. The first-order valence-corrected chi connectivity index (χ1v) is 8.92. The number of nitrogens with one attached hydrogen (secondary N) is 1. The van der Waals surface area contributed by atoms with Crippen LogP contribution in [-0.2, 0) is 11.3 Å². The molecule has 0 bridgehead atoms. The molecule has 28 heavy (non-hydrogen) atoms. The normalized spacial score (nSPS) is 13.9. The molecule has 0 unspecified atom stereocenters. The summed E-state index contributed by atoms with van der Waals surface area (Å²) in [7, 11) is 0. The number of benzene rings is 1. The molecule has 8 nitrogen and oxygen atoms in total. The number of nitrogens with two attached hydrogens (primary N) is 1. The Morgan fingerprint density at radius 1 is 1.29 bits per heavy atom. The number of carbonyl (C=O) groups excluding carboxylic acids is 2. The van der Waals surface area contributed by atoms with Gasteiger partial charge in [-0.2, -0.15) is 0 Å². The van der Waals surface area contributed by atoms with Gasteiger partial charge in [-0.05, 0) is 30.3 Å². The van der Waals surface area contributed by atoms with Crippen molar-refractivity contribution in [2.24, 2.45) is 5.84 Å². The van der Waals surface area contributed by atoms with E-state index in [1.165, 1.54) is 29.3 Å². The van der Waals surface area contributed by atoms with E-state index < -0.39 is 11.7 Å². The predicted molar refractivity (Wildman–Crippen MR) is 101 cm³/mol. The number of nitrogen functional groups attached to an aromatic ring is 1. The Morgan fingerprint density at radius 2 is 2.04 bits per heavy atom. The molecule has 1 aliphatic heterocycles. The molecule has 10 heteroatoms. The number of pyridine rings is 1. The number of morpholine rings is 1. The molecule has 2 heterocycles. The number of hydrogen-bond acceptors (Lipinski definition) is 5. The fourth-order valence-electron chi connectivity index (χ4n) is 2.75. The maximum Gasteiger partial charge on any atom is 0.325 e. The first-order chi connectivity index (χ1) is 13.5. The van der Waals surface area contributed by atoms with Crippen molar-refractivity contribution < 1.29 is 18.7 Å². The van der Waals surface area contributed by atoms with Crippen LogP contribution < -0.4 is 16.2 Å². The van der Waals surface area contributed by atoms with Crippen molar-refractivity contribution in [2.75, 3.05) is 31.2 Å². The number of amides is 3. The molecular weight excluding hydrogens is 389 g/mol. The second-order valence-corrected chi connectivity index (χ2v) is 6.49. The highest BCUT2D eigenvalue weighted by Crippen LogP contribution is 2.25. The SMILES string of the molecule is NNC(=O)c1ccc(CN(C(=O)N2CCOCC2)c2ccc(F)c(Cl)c2)nc1. The molecule has 1 saturated heterocycles. The standard InChI is InChI=1S/C18H19ClFN5O3/c19-15-9-14(3-4-16(15)20)25(18(27)24-5-7-28-8-6-24)11-13-2-1-12(10-22-13)17(26)23-21/h1-4,9-10H,5-8,11,21H2,(H,23,26). The molecule has 0 atom stereocenters. The lowest BCUT2D eigenvalue weighted by atomic mass is 10.2. The summed E-state index contributed by atoms with van der Waals surface area (Å²) in [6.07, 6.45) is 1.37. The number of nitrogens with zero attached hydrogens (tertiary/aromatic N) is 3. The Hall–Kier alpha value is -2.75. The van der Waals surface area contributed by atoms with Crippen LogP contribution in [0.1, 0.15) is 16.1 Å². The molecule has 3 amide bonds. The molecule has 0 saturated carbocycles. The number of anilines is 1. The van der Waals surface area contributed by atoms with E-state index in [4.69, 9.17) is 22.2 Å². The van der Waals surface area contributed by atoms with E-state index in [2.05, 4.69) is 4.98 Å². The third kappa shape index (κ3) is 4.56. The predicted octanol–water partition coefficient (Wildman–Crippen LogP) is 1.94. The third-order valence-corrected chi connectivity index (χ3v) is 4.56. The highest BCUT2D eigenvalue weighted by molar-refractivity contribution is 6.31. The molecular formula is C18H19ClFN5O3. The summed E-state index contributed by atoms with van der Waals surface area (Å²) in [4.78, 5) is 31.9. The molecule has 0 radical (unpaired) electrons. The fourth-order valence-corrected chi connectivity index (χ4v) is 2.92. The number of rotatable bonds is 4. The third-order valence-electron chi connectivity index (χ3n) is 4.27. The Bertz CT molecular complexity index is 859. The zero-order chi connectivity index (χ0) is 20.1. The van der Waals surface area contributed by atoms with Gasteiger partial charge in [-0.15, -0.1) is 0 Å². The van der Waals surface area contributed by atoms with Crippen LogP contribution in [0, 0.1) is 5.82 Å². The van der Waals surface area contributed by atoms with Crippen LogP contribution in [0.2, 0.25) is 5.02 Å². The summed E-state index contributed by atoms with van der Waals surface area (Å²) in [5.41, 5.74) is 3.30. The fraction of sp³-hybridized carbons (Fsp3) is 0.278. The molecule has 0 spiro atoms. The van der Waals surface area contributed by atoms with Gasteiger partial charge in [0.2, 0.25) is 0 Å². The van der Waals surface area contributed by atoms with E-state index in [0.717, 1.165) is 0 Å². The minimum Gasteiger partial charge on any atom is -0.378 e. The Labute approximate surface area is 166 Å². The van der Waals surface area contributed by atoms with Gasteiger partial charge in [-0.1, -0.05) is 11.6 Å². The monoisotopic (exact) mass is 407 g/mol. The second-order valence-electron chi connectivity index (χ2n) is 6.08. The number of hydrazine groups is 1. The molecule has 148 valence electrons. The summed E-state index contributed by atoms with van der Waals surface area (Å²) in [5, 5.41) is -0.0831. The van der Waals surface area contributed by atoms with Gasteiger partial charge in [0.25, 0.3) is 5.91 Å². The van der Waals surface area contributed by atoms with Crippen molar-refractivity contribution in [3.63, 3.8) is 0 Å². The average molecular weight is 408 g/mol. The van der Waals surface area contributed by atoms with E-state index in [0.29, 0.717) is 43.2 Å². The van der Waals surface area contributed by atoms with E-state index in [1.54, 1.807) is 17.0 Å². The first kappa shape index (κ1) is 20.0. The van der Waals surface area contributed by atoms with Gasteiger partial charge < -0.3 is 9.64 Å².